The minimum absolute atomic E-state index is 0.0859. The van der Waals surface area contributed by atoms with Gasteiger partial charge in [-0.25, -0.2) is 0 Å². The van der Waals surface area contributed by atoms with Crippen LogP contribution < -0.4 is 0 Å². The van der Waals surface area contributed by atoms with Crippen LogP contribution in [0.5, 0.6) is 0 Å². The molecule has 2 saturated carbocycles. The van der Waals surface area contributed by atoms with E-state index in [1.54, 1.807) is 0 Å². The monoisotopic (exact) mass is 282 g/mol. The van der Waals surface area contributed by atoms with Crippen LogP contribution >= 0.6 is 0 Å². The maximum atomic E-state index is 6.21. The Kier molecular flexibility index (Phi) is 3.62. The summed E-state index contributed by atoms with van der Waals surface area (Å²) in [5.74, 6) is 2.38. The molecule has 0 N–H and O–H groups in total. The lowest BCUT2D eigenvalue weighted by molar-refractivity contribution is 0.0297. The first-order valence-electron chi connectivity index (χ1n) is 7.84. The molecule has 4 atom stereocenters. The van der Waals surface area contributed by atoms with E-state index >= 15 is 0 Å². The van der Waals surface area contributed by atoms with E-state index in [0.29, 0.717) is 19.8 Å². The zero-order chi connectivity index (χ0) is 13.5. The lowest BCUT2D eigenvalue weighted by Crippen LogP contribution is -2.58. The molecule has 3 rings (SSSR count). The highest BCUT2D eigenvalue weighted by molar-refractivity contribution is 6.65. The number of allylic oxidation sites excluding steroid dienone is 2. The molecule has 0 spiro atoms. The van der Waals surface area contributed by atoms with E-state index in [1.165, 1.54) is 19.3 Å². The summed E-state index contributed by atoms with van der Waals surface area (Å²) in [4.78, 5) is 0. The van der Waals surface area contributed by atoms with Gasteiger partial charge in [-0.2, -0.15) is 0 Å². The van der Waals surface area contributed by atoms with Gasteiger partial charge >= 0.3 is 8.80 Å². The van der Waals surface area contributed by atoms with Crippen molar-refractivity contribution >= 4 is 8.80 Å². The van der Waals surface area contributed by atoms with Crippen LogP contribution in [0.15, 0.2) is 12.2 Å². The SMILES string of the molecule is CCO[Si](OCC)(OCC)C12C=CC(C1)C1CCC12. The van der Waals surface area contributed by atoms with Crippen LogP contribution in [-0.4, -0.2) is 28.6 Å². The molecule has 3 nitrogen and oxygen atoms in total. The van der Waals surface area contributed by atoms with E-state index in [-0.39, 0.29) is 5.04 Å². The summed E-state index contributed by atoms with van der Waals surface area (Å²) < 4.78 is 18.6. The summed E-state index contributed by atoms with van der Waals surface area (Å²) in [6.07, 6.45) is 8.74. The molecule has 19 heavy (non-hydrogen) atoms. The molecule has 0 saturated heterocycles. The van der Waals surface area contributed by atoms with Gasteiger partial charge in [0.05, 0.1) is 5.04 Å². The second-order valence-electron chi connectivity index (χ2n) is 5.97. The van der Waals surface area contributed by atoms with Gasteiger partial charge in [0.1, 0.15) is 0 Å². The Hall–Kier alpha value is -0.163. The number of fused-ring (bicyclic) bond motifs is 5. The predicted molar refractivity (Wildman–Crippen MR) is 76.8 cm³/mol. The first kappa shape index (κ1) is 13.8. The van der Waals surface area contributed by atoms with Crippen LogP contribution in [0.2, 0.25) is 5.04 Å². The van der Waals surface area contributed by atoms with Gasteiger partial charge in [-0.15, -0.1) is 0 Å². The normalized spacial score (nSPS) is 39.4. The largest absolute Gasteiger partial charge is 0.511 e. The van der Waals surface area contributed by atoms with Crippen molar-refractivity contribution in [3.63, 3.8) is 0 Å². The van der Waals surface area contributed by atoms with Gasteiger partial charge in [-0.05, 0) is 57.8 Å². The van der Waals surface area contributed by atoms with E-state index in [2.05, 4.69) is 32.9 Å². The van der Waals surface area contributed by atoms with Crippen molar-refractivity contribution in [3.05, 3.63) is 12.2 Å². The van der Waals surface area contributed by atoms with Crippen LogP contribution in [0.3, 0.4) is 0 Å². The van der Waals surface area contributed by atoms with Crippen LogP contribution in [0.25, 0.3) is 0 Å². The average Bonchev–Trinajstić information content (AvgIpc) is 2.82. The van der Waals surface area contributed by atoms with Crippen molar-refractivity contribution in [1.82, 2.24) is 0 Å². The highest BCUT2D eigenvalue weighted by atomic mass is 28.4. The predicted octanol–water partition coefficient (Wildman–Crippen LogP) is 3.39. The van der Waals surface area contributed by atoms with Gasteiger partial charge in [-0.3, -0.25) is 0 Å². The second kappa shape index (κ2) is 4.99. The van der Waals surface area contributed by atoms with Crippen molar-refractivity contribution in [3.8, 4) is 0 Å². The summed E-state index contributed by atoms with van der Waals surface area (Å²) in [5, 5.41) is 0.0859. The van der Waals surface area contributed by atoms with E-state index < -0.39 is 8.80 Å². The van der Waals surface area contributed by atoms with Crippen LogP contribution in [0.4, 0.5) is 0 Å². The van der Waals surface area contributed by atoms with Crippen molar-refractivity contribution < 1.29 is 13.3 Å². The summed E-state index contributed by atoms with van der Waals surface area (Å²) in [6.45, 7) is 8.22. The van der Waals surface area contributed by atoms with E-state index in [1.807, 2.05) is 0 Å². The highest BCUT2D eigenvalue weighted by Crippen LogP contribution is 2.72. The van der Waals surface area contributed by atoms with Crippen LogP contribution in [0, 0.1) is 17.8 Å². The second-order valence-corrected chi connectivity index (χ2v) is 8.88. The molecule has 0 aromatic rings. The summed E-state index contributed by atoms with van der Waals surface area (Å²) in [7, 11) is -2.61. The minimum atomic E-state index is -2.61. The molecule has 0 radical (unpaired) electrons. The molecule has 4 unspecified atom stereocenters. The lowest BCUT2D eigenvalue weighted by atomic mass is 9.67. The average molecular weight is 282 g/mol. The Morgan fingerprint density at radius 1 is 1.05 bits per heavy atom. The molecule has 4 heteroatoms. The molecule has 0 aromatic carbocycles. The topological polar surface area (TPSA) is 27.7 Å². The third-order valence-corrected chi connectivity index (χ3v) is 9.21. The maximum Gasteiger partial charge on any atom is 0.511 e. The van der Waals surface area contributed by atoms with E-state index in [4.69, 9.17) is 13.3 Å². The zero-order valence-corrected chi connectivity index (χ0v) is 13.4. The van der Waals surface area contributed by atoms with Gasteiger partial charge in [0, 0.05) is 19.8 Å². The highest BCUT2D eigenvalue weighted by Gasteiger charge is 2.72. The first-order valence-corrected chi connectivity index (χ1v) is 9.56. The fourth-order valence-electron chi connectivity index (χ4n) is 4.62. The van der Waals surface area contributed by atoms with Crippen molar-refractivity contribution in [2.45, 2.75) is 45.1 Å². The molecule has 108 valence electrons. The molecule has 0 aliphatic heterocycles. The number of hydrogen-bond donors (Lipinski definition) is 0. The van der Waals surface area contributed by atoms with Crippen molar-refractivity contribution in [2.24, 2.45) is 17.8 Å². The molecule has 0 amide bonds. The van der Waals surface area contributed by atoms with Gasteiger partial charge in [-0.1, -0.05) is 12.2 Å². The maximum absolute atomic E-state index is 6.21. The molecule has 2 fully saturated rings. The quantitative estimate of drug-likeness (QED) is 0.529. The molecule has 3 aliphatic rings. The Morgan fingerprint density at radius 2 is 1.68 bits per heavy atom. The third-order valence-electron chi connectivity index (χ3n) is 5.33. The van der Waals surface area contributed by atoms with Crippen molar-refractivity contribution in [1.29, 1.82) is 0 Å². The van der Waals surface area contributed by atoms with Gasteiger partial charge in [0.25, 0.3) is 0 Å². The number of hydrogen-bond acceptors (Lipinski definition) is 3. The van der Waals surface area contributed by atoms with Crippen LogP contribution in [0.1, 0.15) is 40.0 Å². The first-order chi connectivity index (χ1) is 9.23. The molecule has 2 bridgehead atoms. The summed E-state index contributed by atoms with van der Waals surface area (Å²) >= 11 is 0. The Bertz CT molecular complexity index is 353. The van der Waals surface area contributed by atoms with Crippen molar-refractivity contribution in [2.75, 3.05) is 19.8 Å². The summed E-state index contributed by atoms with van der Waals surface area (Å²) in [5.41, 5.74) is 0. The molecule has 0 heterocycles. The fourth-order valence-corrected chi connectivity index (χ4v) is 8.42. The van der Waals surface area contributed by atoms with E-state index in [0.717, 1.165) is 17.8 Å². The molecular weight excluding hydrogens is 256 g/mol. The Balaban J connectivity index is 1.96. The van der Waals surface area contributed by atoms with Crippen LogP contribution in [-0.2, 0) is 13.3 Å². The molecule has 0 aromatic heterocycles. The zero-order valence-electron chi connectivity index (χ0n) is 12.4. The Morgan fingerprint density at radius 3 is 2.11 bits per heavy atom. The van der Waals surface area contributed by atoms with E-state index in [9.17, 15) is 0 Å². The smallest absolute Gasteiger partial charge is 0.373 e. The minimum Gasteiger partial charge on any atom is -0.373 e. The van der Waals surface area contributed by atoms with Gasteiger partial charge in [0.2, 0.25) is 0 Å². The molecular formula is C15H26O3Si. The Labute approximate surface area is 117 Å². The summed E-state index contributed by atoms with van der Waals surface area (Å²) in [6, 6.07) is 0. The lowest BCUT2D eigenvalue weighted by Gasteiger charge is -2.49. The molecule has 3 aliphatic carbocycles. The fraction of sp³-hybridized carbons (Fsp3) is 0.867. The number of rotatable bonds is 7. The standard InChI is InChI=1S/C15H26O3Si/c1-4-16-19(17-5-2,18-6-3)15-10-9-12(11-15)13-7-8-14(13)15/h9-10,12-14H,4-8,11H2,1-3H3. The van der Waals surface area contributed by atoms with Gasteiger partial charge in [0.15, 0.2) is 0 Å². The van der Waals surface area contributed by atoms with Gasteiger partial charge < -0.3 is 13.3 Å². The third kappa shape index (κ3) is 1.73.